The van der Waals surface area contributed by atoms with Crippen molar-refractivity contribution in [2.75, 3.05) is 0 Å². The first-order valence-electron chi connectivity index (χ1n) is 6.87. The molecule has 24 heavy (non-hydrogen) atoms. The van der Waals surface area contributed by atoms with Crippen LogP contribution in [0.4, 0.5) is 4.39 Å². The van der Waals surface area contributed by atoms with Gasteiger partial charge >= 0.3 is 0 Å². The Morgan fingerprint density at radius 2 is 1.79 bits per heavy atom. The maximum absolute atomic E-state index is 13.1. The summed E-state index contributed by atoms with van der Waals surface area (Å²) in [7, 11) is 1.87. The molecule has 3 aromatic rings. The summed E-state index contributed by atoms with van der Waals surface area (Å²) in [5, 5.41) is 10.5. The Hall–Kier alpha value is -1.27. The van der Waals surface area contributed by atoms with Gasteiger partial charge in [0.25, 0.3) is 0 Å². The highest BCUT2D eigenvalue weighted by atomic mass is 35.5. The van der Waals surface area contributed by atoms with E-state index in [0.717, 1.165) is 16.3 Å². The van der Waals surface area contributed by atoms with Crippen LogP contribution in [0.5, 0.6) is 0 Å². The van der Waals surface area contributed by atoms with Crippen LogP contribution in [0, 0.1) is 5.82 Å². The fourth-order valence-corrected chi connectivity index (χ4v) is 3.63. The van der Waals surface area contributed by atoms with Crippen molar-refractivity contribution in [1.82, 2.24) is 14.8 Å². The van der Waals surface area contributed by atoms with Gasteiger partial charge in [-0.25, -0.2) is 4.39 Å². The topological polar surface area (TPSA) is 30.7 Å². The van der Waals surface area contributed by atoms with Gasteiger partial charge in [0.2, 0.25) is 0 Å². The second kappa shape index (κ2) is 7.31. The standard InChI is InChI=1S/C16H11Cl3FN3S/c1-23-15(9-3-5-12(17)14(19)6-9)21-22-16(23)24-8-10-2-4-11(20)7-13(10)18/h2-7H,8H2,1H3. The van der Waals surface area contributed by atoms with Crippen molar-refractivity contribution >= 4 is 46.6 Å². The van der Waals surface area contributed by atoms with E-state index in [0.29, 0.717) is 26.6 Å². The molecule has 0 atom stereocenters. The zero-order chi connectivity index (χ0) is 17.3. The predicted octanol–water partition coefficient (Wildman–Crippen LogP) is 5.87. The molecule has 0 saturated carbocycles. The van der Waals surface area contributed by atoms with E-state index in [4.69, 9.17) is 34.8 Å². The van der Waals surface area contributed by atoms with E-state index in [1.54, 1.807) is 18.2 Å². The molecule has 3 rings (SSSR count). The summed E-state index contributed by atoms with van der Waals surface area (Å²) < 4.78 is 15.0. The van der Waals surface area contributed by atoms with Crippen LogP contribution in [0.2, 0.25) is 15.1 Å². The van der Waals surface area contributed by atoms with Crippen molar-refractivity contribution in [2.45, 2.75) is 10.9 Å². The van der Waals surface area contributed by atoms with Crippen LogP contribution in [0.3, 0.4) is 0 Å². The molecule has 1 heterocycles. The van der Waals surface area contributed by atoms with Gasteiger partial charge < -0.3 is 4.57 Å². The Kier molecular flexibility index (Phi) is 5.35. The van der Waals surface area contributed by atoms with Crippen molar-refractivity contribution in [3.05, 3.63) is 62.8 Å². The minimum absolute atomic E-state index is 0.352. The van der Waals surface area contributed by atoms with Crippen molar-refractivity contribution in [3.8, 4) is 11.4 Å². The molecule has 0 aliphatic rings. The third kappa shape index (κ3) is 3.70. The van der Waals surface area contributed by atoms with Crippen LogP contribution in [-0.4, -0.2) is 14.8 Å². The minimum atomic E-state index is -0.352. The number of thioether (sulfide) groups is 1. The minimum Gasteiger partial charge on any atom is -0.305 e. The number of hydrogen-bond acceptors (Lipinski definition) is 3. The van der Waals surface area contributed by atoms with Crippen LogP contribution in [-0.2, 0) is 12.8 Å². The van der Waals surface area contributed by atoms with Gasteiger partial charge in [-0.15, -0.1) is 10.2 Å². The van der Waals surface area contributed by atoms with E-state index in [-0.39, 0.29) is 5.82 Å². The maximum Gasteiger partial charge on any atom is 0.191 e. The van der Waals surface area contributed by atoms with E-state index in [1.165, 1.54) is 23.9 Å². The number of aromatic nitrogens is 3. The summed E-state index contributed by atoms with van der Waals surface area (Å²) in [5.41, 5.74) is 1.66. The molecule has 0 radical (unpaired) electrons. The SMILES string of the molecule is Cn1c(SCc2ccc(F)cc2Cl)nnc1-c1ccc(Cl)c(Cl)c1. The van der Waals surface area contributed by atoms with E-state index >= 15 is 0 Å². The molecular formula is C16H11Cl3FN3S. The second-order valence-electron chi connectivity index (χ2n) is 5.02. The first-order valence-corrected chi connectivity index (χ1v) is 8.99. The molecule has 0 saturated heterocycles. The molecule has 124 valence electrons. The molecular weight excluding hydrogens is 392 g/mol. The summed E-state index contributed by atoms with van der Waals surface area (Å²) in [4.78, 5) is 0. The molecule has 0 spiro atoms. The van der Waals surface area contributed by atoms with E-state index in [2.05, 4.69) is 10.2 Å². The van der Waals surface area contributed by atoms with Gasteiger partial charge in [0.15, 0.2) is 11.0 Å². The van der Waals surface area contributed by atoms with Crippen LogP contribution >= 0.6 is 46.6 Å². The normalized spacial score (nSPS) is 11.0. The number of nitrogens with zero attached hydrogens (tertiary/aromatic N) is 3. The molecule has 2 aromatic carbocycles. The van der Waals surface area contributed by atoms with Gasteiger partial charge in [-0.3, -0.25) is 0 Å². The monoisotopic (exact) mass is 401 g/mol. The van der Waals surface area contributed by atoms with E-state index in [1.807, 2.05) is 17.7 Å². The Balaban J connectivity index is 1.81. The number of benzene rings is 2. The summed E-state index contributed by atoms with van der Waals surface area (Å²) in [6.45, 7) is 0. The molecule has 0 amide bonds. The quantitative estimate of drug-likeness (QED) is 0.511. The molecule has 3 nitrogen and oxygen atoms in total. The van der Waals surface area contributed by atoms with Crippen LogP contribution in [0.1, 0.15) is 5.56 Å². The highest BCUT2D eigenvalue weighted by Gasteiger charge is 2.13. The van der Waals surface area contributed by atoms with Crippen molar-refractivity contribution in [1.29, 1.82) is 0 Å². The lowest BCUT2D eigenvalue weighted by atomic mass is 10.2. The lowest BCUT2D eigenvalue weighted by molar-refractivity contribution is 0.627. The first-order chi connectivity index (χ1) is 11.5. The van der Waals surface area contributed by atoms with E-state index in [9.17, 15) is 4.39 Å². The van der Waals surface area contributed by atoms with Gasteiger partial charge in [-0.1, -0.05) is 52.6 Å². The molecule has 8 heteroatoms. The highest BCUT2D eigenvalue weighted by molar-refractivity contribution is 7.98. The molecule has 0 aliphatic carbocycles. The summed E-state index contributed by atoms with van der Waals surface area (Å²) in [6.07, 6.45) is 0. The molecule has 0 fully saturated rings. The molecule has 0 unspecified atom stereocenters. The van der Waals surface area contributed by atoms with Gasteiger partial charge in [0, 0.05) is 23.4 Å². The lowest BCUT2D eigenvalue weighted by Crippen LogP contribution is -1.95. The van der Waals surface area contributed by atoms with Gasteiger partial charge in [-0.2, -0.15) is 0 Å². The Labute approximate surface area is 157 Å². The van der Waals surface area contributed by atoms with Gasteiger partial charge in [0.05, 0.1) is 10.0 Å². The predicted molar refractivity (Wildman–Crippen MR) is 97.4 cm³/mol. The summed E-state index contributed by atoms with van der Waals surface area (Å²) in [5.74, 6) is 0.891. The molecule has 0 bridgehead atoms. The third-order valence-electron chi connectivity index (χ3n) is 3.38. The first kappa shape index (κ1) is 17.5. The van der Waals surface area contributed by atoms with Gasteiger partial charge in [-0.05, 0) is 35.9 Å². The largest absolute Gasteiger partial charge is 0.305 e. The van der Waals surface area contributed by atoms with Crippen molar-refractivity contribution in [2.24, 2.45) is 7.05 Å². The second-order valence-corrected chi connectivity index (χ2v) is 7.18. The average Bonchev–Trinajstić information content (AvgIpc) is 2.90. The fourth-order valence-electron chi connectivity index (χ4n) is 2.11. The third-order valence-corrected chi connectivity index (χ3v) is 5.54. The average molecular weight is 403 g/mol. The maximum atomic E-state index is 13.1. The number of hydrogen-bond donors (Lipinski definition) is 0. The fraction of sp³-hybridized carbons (Fsp3) is 0.125. The van der Waals surface area contributed by atoms with Gasteiger partial charge in [0.1, 0.15) is 5.82 Å². The Bertz CT molecular complexity index is 898. The van der Waals surface area contributed by atoms with Crippen LogP contribution < -0.4 is 0 Å². The summed E-state index contributed by atoms with van der Waals surface area (Å²) >= 11 is 19.5. The lowest BCUT2D eigenvalue weighted by Gasteiger charge is -2.06. The summed E-state index contributed by atoms with van der Waals surface area (Å²) in [6, 6.07) is 9.66. The number of halogens is 4. The van der Waals surface area contributed by atoms with Crippen molar-refractivity contribution < 1.29 is 4.39 Å². The highest BCUT2D eigenvalue weighted by Crippen LogP contribution is 2.31. The van der Waals surface area contributed by atoms with Crippen molar-refractivity contribution in [3.63, 3.8) is 0 Å². The van der Waals surface area contributed by atoms with E-state index < -0.39 is 0 Å². The smallest absolute Gasteiger partial charge is 0.191 e. The van der Waals surface area contributed by atoms with Crippen LogP contribution in [0.25, 0.3) is 11.4 Å². The Morgan fingerprint density at radius 1 is 1.00 bits per heavy atom. The molecule has 0 aliphatic heterocycles. The zero-order valence-corrected chi connectivity index (χ0v) is 15.5. The Morgan fingerprint density at radius 3 is 2.50 bits per heavy atom. The number of rotatable bonds is 4. The molecule has 1 aromatic heterocycles. The van der Waals surface area contributed by atoms with Crippen LogP contribution in [0.15, 0.2) is 41.6 Å². The zero-order valence-electron chi connectivity index (χ0n) is 12.4. The molecule has 0 N–H and O–H groups in total.